The number of amides is 2. The quantitative estimate of drug-likeness (QED) is 0.726. The number of benzene rings is 2. The first-order valence-corrected chi connectivity index (χ1v) is 8.11. The molecular formula is C16H13Cl3N2O4. The SMILES string of the molecule is O=C(COc1ccc(Cl)cc1)NNC(=O)COc1cc(Cl)ccc1Cl. The number of carbonyl (C=O) groups is 2. The molecule has 132 valence electrons. The third-order valence-electron chi connectivity index (χ3n) is 2.78. The zero-order chi connectivity index (χ0) is 18.2. The molecule has 0 aliphatic carbocycles. The summed E-state index contributed by atoms with van der Waals surface area (Å²) in [5.41, 5.74) is 4.39. The molecule has 2 aromatic carbocycles. The molecule has 2 amide bonds. The Morgan fingerprint density at radius 3 is 2.00 bits per heavy atom. The van der Waals surface area contributed by atoms with Crippen LogP contribution in [0.1, 0.15) is 0 Å². The highest BCUT2D eigenvalue weighted by atomic mass is 35.5. The Hall–Kier alpha value is -2.15. The molecule has 9 heteroatoms. The Labute approximate surface area is 158 Å². The van der Waals surface area contributed by atoms with Gasteiger partial charge in [-0.05, 0) is 36.4 Å². The predicted molar refractivity (Wildman–Crippen MR) is 95.2 cm³/mol. The normalized spacial score (nSPS) is 10.0. The van der Waals surface area contributed by atoms with Crippen molar-refractivity contribution in [3.63, 3.8) is 0 Å². The van der Waals surface area contributed by atoms with Crippen molar-refractivity contribution in [1.29, 1.82) is 0 Å². The Balaban J connectivity index is 1.69. The van der Waals surface area contributed by atoms with Crippen molar-refractivity contribution < 1.29 is 19.1 Å². The maximum Gasteiger partial charge on any atom is 0.276 e. The van der Waals surface area contributed by atoms with Crippen LogP contribution < -0.4 is 20.3 Å². The van der Waals surface area contributed by atoms with Crippen molar-refractivity contribution in [2.24, 2.45) is 0 Å². The zero-order valence-electron chi connectivity index (χ0n) is 12.7. The molecular weight excluding hydrogens is 391 g/mol. The number of nitrogens with one attached hydrogen (secondary N) is 2. The number of carbonyl (C=O) groups excluding carboxylic acids is 2. The monoisotopic (exact) mass is 402 g/mol. The van der Waals surface area contributed by atoms with Gasteiger partial charge in [0.05, 0.1) is 5.02 Å². The van der Waals surface area contributed by atoms with E-state index in [1.807, 2.05) is 0 Å². The van der Waals surface area contributed by atoms with E-state index in [0.717, 1.165) is 0 Å². The molecule has 0 fully saturated rings. The Kier molecular flexibility index (Phi) is 7.18. The minimum atomic E-state index is -0.573. The second-order valence-electron chi connectivity index (χ2n) is 4.70. The van der Waals surface area contributed by atoms with Crippen LogP contribution in [-0.2, 0) is 9.59 Å². The van der Waals surface area contributed by atoms with Crippen molar-refractivity contribution in [2.75, 3.05) is 13.2 Å². The summed E-state index contributed by atoms with van der Waals surface area (Å²) in [5, 5.41) is 1.30. The maximum absolute atomic E-state index is 11.6. The standard InChI is InChI=1S/C16H13Cl3N2O4/c17-10-1-4-12(5-2-10)24-8-15(22)20-21-16(23)9-25-14-7-11(18)3-6-13(14)19/h1-7H,8-9H2,(H,20,22)(H,21,23). The molecule has 0 heterocycles. The van der Waals surface area contributed by atoms with Crippen LogP contribution in [0.3, 0.4) is 0 Å². The number of hydrazine groups is 1. The van der Waals surface area contributed by atoms with E-state index in [9.17, 15) is 9.59 Å². The van der Waals surface area contributed by atoms with E-state index in [4.69, 9.17) is 44.3 Å². The summed E-state index contributed by atoms with van der Waals surface area (Å²) in [6.45, 7) is -0.624. The van der Waals surface area contributed by atoms with Crippen LogP contribution in [-0.4, -0.2) is 25.0 Å². The topological polar surface area (TPSA) is 76.7 Å². The third-order valence-corrected chi connectivity index (χ3v) is 3.58. The van der Waals surface area contributed by atoms with Crippen LogP contribution >= 0.6 is 34.8 Å². The minimum Gasteiger partial charge on any atom is -0.484 e. The van der Waals surface area contributed by atoms with E-state index in [0.29, 0.717) is 20.8 Å². The molecule has 0 atom stereocenters. The number of hydrogen-bond acceptors (Lipinski definition) is 4. The highest BCUT2D eigenvalue weighted by molar-refractivity contribution is 6.34. The minimum absolute atomic E-state index is 0.265. The number of rotatable bonds is 6. The molecule has 2 aromatic rings. The molecule has 6 nitrogen and oxygen atoms in total. The smallest absolute Gasteiger partial charge is 0.276 e. The lowest BCUT2D eigenvalue weighted by Gasteiger charge is -2.10. The molecule has 0 radical (unpaired) electrons. The first kappa shape index (κ1) is 19.2. The van der Waals surface area contributed by atoms with E-state index < -0.39 is 11.8 Å². The zero-order valence-corrected chi connectivity index (χ0v) is 15.0. The molecule has 0 aliphatic rings. The molecule has 0 saturated heterocycles. The Morgan fingerprint density at radius 2 is 1.36 bits per heavy atom. The van der Waals surface area contributed by atoms with Crippen LogP contribution in [0.25, 0.3) is 0 Å². The Bertz CT molecular complexity index is 754. The van der Waals surface area contributed by atoms with Gasteiger partial charge in [-0.2, -0.15) is 0 Å². The summed E-state index contributed by atoms with van der Waals surface area (Å²) in [4.78, 5) is 23.3. The second kappa shape index (κ2) is 9.36. The van der Waals surface area contributed by atoms with Crippen LogP contribution in [0.5, 0.6) is 11.5 Å². The summed E-state index contributed by atoms with van der Waals surface area (Å²) in [6, 6.07) is 11.1. The first-order chi connectivity index (χ1) is 11.9. The van der Waals surface area contributed by atoms with Crippen molar-refractivity contribution in [3.8, 4) is 11.5 Å². The lowest BCUT2D eigenvalue weighted by atomic mass is 10.3. The van der Waals surface area contributed by atoms with Crippen molar-refractivity contribution >= 4 is 46.6 Å². The fourth-order valence-electron chi connectivity index (χ4n) is 1.62. The van der Waals surface area contributed by atoms with Gasteiger partial charge in [-0.25, -0.2) is 0 Å². The molecule has 0 spiro atoms. The first-order valence-electron chi connectivity index (χ1n) is 6.98. The van der Waals surface area contributed by atoms with Crippen molar-refractivity contribution in [1.82, 2.24) is 10.9 Å². The number of halogens is 3. The van der Waals surface area contributed by atoms with Gasteiger partial charge in [0.15, 0.2) is 13.2 Å². The van der Waals surface area contributed by atoms with Crippen LogP contribution in [0.4, 0.5) is 0 Å². The van der Waals surface area contributed by atoms with Crippen molar-refractivity contribution in [3.05, 3.63) is 57.5 Å². The molecule has 2 N–H and O–H groups in total. The molecule has 0 saturated carbocycles. The van der Waals surface area contributed by atoms with E-state index >= 15 is 0 Å². The molecule has 25 heavy (non-hydrogen) atoms. The van der Waals surface area contributed by atoms with Crippen molar-refractivity contribution in [2.45, 2.75) is 0 Å². The number of hydrogen-bond donors (Lipinski definition) is 2. The van der Waals surface area contributed by atoms with Gasteiger partial charge in [0.25, 0.3) is 11.8 Å². The average molecular weight is 404 g/mol. The molecule has 0 unspecified atom stereocenters. The van der Waals surface area contributed by atoms with E-state index in [1.165, 1.54) is 6.07 Å². The van der Waals surface area contributed by atoms with Gasteiger partial charge in [0.1, 0.15) is 11.5 Å². The fourth-order valence-corrected chi connectivity index (χ4v) is 2.08. The lowest BCUT2D eigenvalue weighted by molar-refractivity contribution is -0.131. The van der Waals surface area contributed by atoms with E-state index in [-0.39, 0.29) is 19.0 Å². The van der Waals surface area contributed by atoms with Gasteiger partial charge in [0.2, 0.25) is 0 Å². The third kappa shape index (κ3) is 6.70. The molecule has 0 bridgehead atoms. The molecule has 0 aromatic heterocycles. The van der Waals surface area contributed by atoms with Crippen LogP contribution in [0, 0.1) is 0 Å². The fraction of sp³-hybridized carbons (Fsp3) is 0.125. The Morgan fingerprint density at radius 1 is 0.800 bits per heavy atom. The van der Waals surface area contributed by atoms with Gasteiger partial charge >= 0.3 is 0 Å². The van der Waals surface area contributed by atoms with Gasteiger partial charge in [-0.3, -0.25) is 20.4 Å². The number of ether oxygens (including phenoxy) is 2. The molecule has 0 aliphatic heterocycles. The second-order valence-corrected chi connectivity index (χ2v) is 5.98. The highest BCUT2D eigenvalue weighted by Crippen LogP contribution is 2.27. The average Bonchev–Trinajstić information content (AvgIpc) is 2.60. The summed E-state index contributed by atoms with van der Waals surface area (Å²) >= 11 is 17.5. The van der Waals surface area contributed by atoms with E-state index in [2.05, 4.69) is 10.9 Å². The van der Waals surface area contributed by atoms with Crippen LogP contribution in [0.2, 0.25) is 15.1 Å². The van der Waals surface area contributed by atoms with Gasteiger partial charge in [0, 0.05) is 16.1 Å². The largest absolute Gasteiger partial charge is 0.484 e. The maximum atomic E-state index is 11.6. The summed E-state index contributed by atoms with van der Waals surface area (Å²) in [5.74, 6) is -0.369. The predicted octanol–water partition coefficient (Wildman–Crippen LogP) is 3.25. The summed E-state index contributed by atoms with van der Waals surface area (Å²) < 4.78 is 10.5. The van der Waals surface area contributed by atoms with E-state index in [1.54, 1.807) is 36.4 Å². The van der Waals surface area contributed by atoms with Gasteiger partial charge in [-0.1, -0.05) is 34.8 Å². The highest BCUT2D eigenvalue weighted by Gasteiger charge is 2.08. The molecule has 2 rings (SSSR count). The summed E-state index contributed by atoms with van der Waals surface area (Å²) in [7, 11) is 0. The van der Waals surface area contributed by atoms with Gasteiger partial charge < -0.3 is 9.47 Å². The summed E-state index contributed by atoms with van der Waals surface area (Å²) in [6.07, 6.45) is 0. The van der Waals surface area contributed by atoms with Gasteiger partial charge in [-0.15, -0.1) is 0 Å². The van der Waals surface area contributed by atoms with Crippen LogP contribution in [0.15, 0.2) is 42.5 Å². The lowest BCUT2D eigenvalue weighted by Crippen LogP contribution is -2.45.